The van der Waals surface area contributed by atoms with Gasteiger partial charge in [-0.25, -0.2) is 13.1 Å². The number of halogens is 1. The molecule has 1 heterocycles. The van der Waals surface area contributed by atoms with Gasteiger partial charge in [-0.2, -0.15) is 0 Å². The summed E-state index contributed by atoms with van der Waals surface area (Å²) in [7, 11) is -2.22. The summed E-state index contributed by atoms with van der Waals surface area (Å²) in [5.74, 6) is 0.545. The van der Waals surface area contributed by atoms with Crippen LogP contribution in [-0.4, -0.2) is 71.9 Å². The van der Waals surface area contributed by atoms with Crippen molar-refractivity contribution in [1.29, 1.82) is 0 Å². The van der Waals surface area contributed by atoms with Gasteiger partial charge in [0, 0.05) is 52.0 Å². The lowest BCUT2D eigenvalue weighted by Gasteiger charge is -2.13. The fourth-order valence-corrected chi connectivity index (χ4v) is 3.88. The number of benzene rings is 1. The highest BCUT2D eigenvalue weighted by atomic mass is 127. The molecule has 0 aliphatic carbocycles. The van der Waals surface area contributed by atoms with E-state index in [-0.39, 0.29) is 47.2 Å². The van der Waals surface area contributed by atoms with Gasteiger partial charge in [-0.1, -0.05) is 6.07 Å². The van der Waals surface area contributed by atoms with Gasteiger partial charge in [0.1, 0.15) is 0 Å². The number of non-ortho nitro benzene ring substituents is 1. The Morgan fingerprint density at radius 3 is 2.77 bits per heavy atom. The van der Waals surface area contributed by atoms with Crippen LogP contribution in [0.25, 0.3) is 0 Å². The van der Waals surface area contributed by atoms with E-state index in [9.17, 15) is 18.5 Å². The first kappa shape index (κ1) is 27.5. The molecule has 1 unspecified atom stereocenters. The van der Waals surface area contributed by atoms with Gasteiger partial charge in [0.05, 0.1) is 22.5 Å². The van der Waals surface area contributed by atoms with E-state index in [1.54, 1.807) is 7.05 Å². The monoisotopic (exact) mass is 571 g/mol. The summed E-state index contributed by atoms with van der Waals surface area (Å²) in [6.45, 7) is 3.10. The van der Waals surface area contributed by atoms with Crippen LogP contribution in [0, 0.1) is 10.1 Å². The standard InChI is InChI=1S/C18H29N5O6S.HI/c1-19-18(20-8-4-11-28-14-16-6-3-12-29-16)21-9-10-22-30(26,27)17-7-2-5-15(13-17)23(24)25;/h2,5,7,13,16,22H,3-4,6,8-12,14H2,1H3,(H2,19,20,21);1H. The number of nitro groups is 1. The molecule has 0 radical (unpaired) electrons. The minimum atomic E-state index is -3.84. The van der Waals surface area contributed by atoms with Gasteiger partial charge < -0.3 is 20.1 Å². The molecule has 13 heteroatoms. The van der Waals surface area contributed by atoms with E-state index < -0.39 is 14.9 Å². The summed E-state index contributed by atoms with van der Waals surface area (Å²) in [6.07, 6.45) is 3.17. The average Bonchev–Trinajstić information content (AvgIpc) is 3.25. The van der Waals surface area contributed by atoms with Crippen molar-refractivity contribution in [2.45, 2.75) is 30.3 Å². The quantitative estimate of drug-likeness (QED) is 0.0850. The topological polar surface area (TPSA) is 144 Å². The SMILES string of the molecule is CN=C(NCCCOCC1CCCO1)NCCNS(=O)(=O)c1cccc([N+](=O)[O-])c1.I. The Labute approximate surface area is 199 Å². The zero-order chi connectivity index (χ0) is 21.8. The van der Waals surface area contributed by atoms with Crippen LogP contribution in [0.2, 0.25) is 0 Å². The molecule has 1 atom stereocenters. The summed E-state index contributed by atoms with van der Waals surface area (Å²) < 4.78 is 38.0. The van der Waals surface area contributed by atoms with Crippen LogP contribution in [-0.2, 0) is 19.5 Å². The van der Waals surface area contributed by atoms with Crippen LogP contribution in [0.15, 0.2) is 34.2 Å². The highest BCUT2D eigenvalue weighted by Gasteiger charge is 2.17. The lowest BCUT2D eigenvalue weighted by molar-refractivity contribution is -0.385. The van der Waals surface area contributed by atoms with Crippen LogP contribution >= 0.6 is 24.0 Å². The molecule has 31 heavy (non-hydrogen) atoms. The number of rotatable bonds is 12. The zero-order valence-electron chi connectivity index (χ0n) is 17.4. The van der Waals surface area contributed by atoms with Crippen LogP contribution in [0.3, 0.4) is 0 Å². The second kappa shape index (κ2) is 14.5. The summed E-state index contributed by atoms with van der Waals surface area (Å²) in [4.78, 5) is 14.1. The summed E-state index contributed by atoms with van der Waals surface area (Å²) in [5.41, 5.74) is -0.277. The molecule has 1 saturated heterocycles. The predicted octanol–water partition coefficient (Wildman–Crippen LogP) is 1.24. The molecule has 1 aliphatic rings. The lowest BCUT2D eigenvalue weighted by atomic mass is 10.2. The van der Waals surface area contributed by atoms with Gasteiger partial charge in [0.15, 0.2) is 5.96 Å². The van der Waals surface area contributed by atoms with E-state index in [0.29, 0.717) is 32.3 Å². The molecule has 1 fully saturated rings. The number of nitro benzene ring substituents is 1. The van der Waals surface area contributed by atoms with E-state index in [1.807, 2.05) is 0 Å². The second-order valence-corrected chi connectivity index (χ2v) is 8.41. The van der Waals surface area contributed by atoms with Crippen molar-refractivity contribution in [1.82, 2.24) is 15.4 Å². The maximum absolute atomic E-state index is 12.3. The van der Waals surface area contributed by atoms with Gasteiger partial charge in [0.2, 0.25) is 10.0 Å². The molecule has 1 aromatic carbocycles. The number of nitrogens with zero attached hydrogens (tertiary/aromatic N) is 2. The Hall–Kier alpha value is -1.55. The predicted molar refractivity (Wildman–Crippen MR) is 127 cm³/mol. The Bertz CT molecular complexity index is 817. The smallest absolute Gasteiger partial charge is 0.270 e. The van der Waals surface area contributed by atoms with Crippen molar-refractivity contribution >= 4 is 45.6 Å². The second-order valence-electron chi connectivity index (χ2n) is 6.64. The summed E-state index contributed by atoms with van der Waals surface area (Å²) in [5, 5.41) is 16.9. The molecule has 2 rings (SSSR count). The van der Waals surface area contributed by atoms with Crippen molar-refractivity contribution in [3.05, 3.63) is 34.4 Å². The van der Waals surface area contributed by atoms with Crippen LogP contribution < -0.4 is 15.4 Å². The summed E-state index contributed by atoms with van der Waals surface area (Å²) in [6, 6.07) is 4.91. The number of sulfonamides is 1. The van der Waals surface area contributed by atoms with Crippen molar-refractivity contribution in [3.63, 3.8) is 0 Å². The Kier molecular flexibility index (Phi) is 12.9. The molecule has 0 spiro atoms. The van der Waals surface area contributed by atoms with Gasteiger partial charge in [-0.3, -0.25) is 15.1 Å². The highest BCUT2D eigenvalue weighted by Crippen LogP contribution is 2.16. The minimum Gasteiger partial charge on any atom is -0.379 e. The van der Waals surface area contributed by atoms with Crippen LogP contribution in [0.4, 0.5) is 5.69 Å². The Morgan fingerprint density at radius 2 is 2.10 bits per heavy atom. The van der Waals surface area contributed by atoms with Crippen molar-refractivity contribution in [3.8, 4) is 0 Å². The van der Waals surface area contributed by atoms with Crippen LogP contribution in [0.1, 0.15) is 19.3 Å². The molecule has 0 saturated carbocycles. The van der Waals surface area contributed by atoms with E-state index in [1.165, 1.54) is 18.2 Å². The van der Waals surface area contributed by atoms with E-state index >= 15 is 0 Å². The lowest BCUT2D eigenvalue weighted by Crippen LogP contribution is -2.42. The molecule has 0 bridgehead atoms. The first-order valence-electron chi connectivity index (χ1n) is 9.80. The molecule has 1 aliphatic heterocycles. The minimum absolute atomic E-state index is 0. The summed E-state index contributed by atoms with van der Waals surface area (Å²) >= 11 is 0. The maximum atomic E-state index is 12.3. The first-order valence-corrected chi connectivity index (χ1v) is 11.3. The van der Waals surface area contributed by atoms with Gasteiger partial charge in [-0.15, -0.1) is 24.0 Å². The molecule has 176 valence electrons. The fourth-order valence-electron chi connectivity index (χ4n) is 2.81. The number of hydrogen-bond donors (Lipinski definition) is 3. The number of hydrogen-bond acceptors (Lipinski definition) is 7. The number of nitrogens with one attached hydrogen (secondary N) is 3. The van der Waals surface area contributed by atoms with Gasteiger partial charge >= 0.3 is 0 Å². The third kappa shape index (κ3) is 10.1. The fraction of sp³-hybridized carbons (Fsp3) is 0.611. The Balaban J connectivity index is 0.00000480. The van der Waals surface area contributed by atoms with Gasteiger partial charge in [0.25, 0.3) is 5.69 Å². The molecule has 11 nitrogen and oxygen atoms in total. The largest absolute Gasteiger partial charge is 0.379 e. The van der Waals surface area contributed by atoms with Crippen molar-refractivity contribution in [2.75, 3.05) is 46.5 Å². The van der Waals surface area contributed by atoms with Crippen molar-refractivity contribution < 1.29 is 22.8 Å². The zero-order valence-corrected chi connectivity index (χ0v) is 20.6. The molecular weight excluding hydrogens is 541 g/mol. The maximum Gasteiger partial charge on any atom is 0.270 e. The third-order valence-electron chi connectivity index (χ3n) is 4.36. The molecule has 1 aromatic rings. The van der Waals surface area contributed by atoms with Crippen LogP contribution in [0.5, 0.6) is 0 Å². The third-order valence-corrected chi connectivity index (χ3v) is 5.82. The highest BCUT2D eigenvalue weighted by molar-refractivity contribution is 14.0. The number of guanidine groups is 1. The van der Waals surface area contributed by atoms with E-state index in [0.717, 1.165) is 31.9 Å². The number of ether oxygens (including phenoxy) is 2. The van der Waals surface area contributed by atoms with E-state index in [2.05, 4.69) is 20.3 Å². The van der Waals surface area contributed by atoms with Gasteiger partial charge in [-0.05, 0) is 25.3 Å². The molecular formula is C18H30IN5O6S. The Morgan fingerprint density at radius 1 is 1.32 bits per heavy atom. The normalized spacial score (nSPS) is 16.5. The number of aliphatic imine (C=N–C) groups is 1. The van der Waals surface area contributed by atoms with Crippen molar-refractivity contribution in [2.24, 2.45) is 4.99 Å². The molecule has 3 N–H and O–H groups in total. The molecule has 0 amide bonds. The first-order chi connectivity index (χ1) is 14.4. The molecule has 0 aromatic heterocycles. The van der Waals surface area contributed by atoms with E-state index in [4.69, 9.17) is 9.47 Å². The average molecular weight is 571 g/mol.